The Kier molecular flexibility index (Phi) is 8.31. The van der Waals surface area contributed by atoms with Crippen molar-refractivity contribution in [1.29, 1.82) is 0 Å². The molecule has 1 aromatic rings. The maximum atomic E-state index is 5.63. The summed E-state index contributed by atoms with van der Waals surface area (Å²) in [6.45, 7) is 2.60. The van der Waals surface area contributed by atoms with Crippen molar-refractivity contribution in [3.05, 3.63) is 29.3 Å². The van der Waals surface area contributed by atoms with Crippen molar-refractivity contribution in [1.82, 2.24) is 0 Å². The van der Waals surface area contributed by atoms with E-state index in [0.717, 1.165) is 5.75 Å². The summed E-state index contributed by atoms with van der Waals surface area (Å²) >= 11 is 9.88. The summed E-state index contributed by atoms with van der Waals surface area (Å²) in [5.74, 6) is 0.743. The van der Waals surface area contributed by atoms with E-state index in [1.807, 2.05) is 6.92 Å². The van der Waals surface area contributed by atoms with Gasteiger partial charge in [0.2, 0.25) is 0 Å². The molecule has 1 aromatic carbocycles. The summed E-state index contributed by atoms with van der Waals surface area (Å²) in [5, 5.41) is 0.684. The minimum absolute atomic E-state index is 0.665. The van der Waals surface area contributed by atoms with Crippen molar-refractivity contribution in [2.45, 2.75) is 6.92 Å². The summed E-state index contributed by atoms with van der Waals surface area (Å²) in [6, 6.07) is 8.15. The molecule has 1 nitrogen and oxygen atoms in total. The molecule has 0 aliphatic rings. The molecule has 0 aromatic heterocycles. The first-order valence-electron chi connectivity index (χ1n) is 3.39. The van der Waals surface area contributed by atoms with Crippen LogP contribution in [0.4, 0.5) is 0 Å². The van der Waals surface area contributed by atoms with Crippen molar-refractivity contribution < 1.29 is 21.1 Å². The number of hydrogen-bond donors (Lipinski definition) is 0. The Bertz CT molecular complexity index is 203. The number of rotatable bonds is 2. The third-order valence-electron chi connectivity index (χ3n) is 1.05. The zero-order valence-electron chi connectivity index (χ0n) is 6.81. The molecule has 0 fully saturated rings. The predicted molar refractivity (Wildman–Crippen MR) is 50.4 cm³/mol. The van der Waals surface area contributed by atoms with Gasteiger partial charge in [0.05, 0.1) is 6.61 Å². The normalized spacial score (nSPS) is 8.42. The van der Waals surface area contributed by atoms with Gasteiger partial charge in [0.1, 0.15) is 0 Å². The summed E-state index contributed by atoms with van der Waals surface area (Å²) in [5.41, 5.74) is 0. The van der Waals surface area contributed by atoms with Crippen LogP contribution in [0.2, 0.25) is 5.02 Å². The Morgan fingerprint density at radius 2 is 2.25 bits per heavy atom. The van der Waals surface area contributed by atoms with Gasteiger partial charge in [-0.2, -0.15) is 23.7 Å². The standard InChI is InChI=1S/C8H8ClO.BrH.Zn/c1-2-10-8-5-3-7(9)4-6-8;;/h3-5H,2H2,1H3;1H;/q-1;;+2/p-1. The second-order valence-electron chi connectivity index (χ2n) is 1.80. The third kappa shape index (κ3) is 5.13. The summed E-state index contributed by atoms with van der Waals surface area (Å²) in [4.78, 5) is 0. The van der Waals surface area contributed by atoms with Gasteiger partial charge in [0, 0.05) is 5.75 Å². The molecule has 1 rings (SSSR count). The summed E-state index contributed by atoms with van der Waals surface area (Å²) in [7, 11) is 0. The Morgan fingerprint density at radius 1 is 1.58 bits per heavy atom. The van der Waals surface area contributed by atoms with Gasteiger partial charge in [-0.1, -0.05) is 5.02 Å². The van der Waals surface area contributed by atoms with Gasteiger partial charge in [-0.25, -0.2) is 0 Å². The zero-order chi connectivity index (χ0) is 9.40. The van der Waals surface area contributed by atoms with Crippen molar-refractivity contribution in [2.24, 2.45) is 0 Å². The van der Waals surface area contributed by atoms with Gasteiger partial charge >= 0.3 is 30.0 Å². The molecule has 0 bridgehead atoms. The number of halogens is 2. The van der Waals surface area contributed by atoms with E-state index < -0.39 is 0 Å². The number of benzene rings is 1. The fourth-order valence-electron chi connectivity index (χ4n) is 0.637. The van der Waals surface area contributed by atoms with Crippen LogP contribution in [0.1, 0.15) is 6.92 Å². The van der Waals surface area contributed by atoms with Crippen LogP contribution in [0.5, 0.6) is 5.75 Å². The zero-order valence-corrected chi connectivity index (χ0v) is 12.1. The average molecular weight is 301 g/mol. The monoisotopic (exact) mass is 298 g/mol. The molecule has 0 saturated heterocycles. The van der Waals surface area contributed by atoms with Gasteiger partial charge < -0.3 is 4.74 Å². The van der Waals surface area contributed by atoms with E-state index in [2.05, 4.69) is 19.7 Å². The third-order valence-corrected chi connectivity index (χ3v) is 1.28. The van der Waals surface area contributed by atoms with Crippen molar-refractivity contribution >= 4 is 25.2 Å². The quantitative estimate of drug-likeness (QED) is 0.601. The Hall–Kier alpha value is 0.413. The topological polar surface area (TPSA) is 9.23 Å². The van der Waals surface area contributed by atoms with E-state index in [4.69, 9.17) is 16.3 Å². The molecule has 0 saturated carbocycles. The van der Waals surface area contributed by atoms with E-state index in [9.17, 15) is 0 Å². The predicted octanol–water partition coefficient (Wildman–Crippen LogP) is 3.38. The molecule has 0 heterocycles. The molecule has 0 aliphatic carbocycles. The molecule has 62 valence electrons. The van der Waals surface area contributed by atoms with Crippen LogP contribution >= 0.6 is 25.2 Å². The SMILES string of the molecule is CCOc1[c-]cc(Cl)cc1.[Zn+][Br]. The van der Waals surface area contributed by atoms with Gasteiger partial charge in [-0.3, -0.25) is 0 Å². The van der Waals surface area contributed by atoms with Crippen LogP contribution in [0.25, 0.3) is 0 Å². The van der Waals surface area contributed by atoms with E-state index >= 15 is 0 Å². The first-order chi connectivity index (χ1) is 5.83. The number of ether oxygens (including phenoxy) is 1. The Balaban J connectivity index is 0.000000561. The molecule has 12 heavy (non-hydrogen) atoms. The first kappa shape index (κ1) is 12.4. The second kappa shape index (κ2) is 8.03. The van der Waals surface area contributed by atoms with Gasteiger partial charge in [-0.05, 0) is 6.92 Å². The molecule has 0 unspecified atom stereocenters. The van der Waals surface area contributed by atoms with Crippen LogP contribution in [0.15, 0.2) is 18.2 Å². The fourth-order valence-corrected chi connectivity index (χ4v) is 0.754. The second-order valence-corrected chi connectivity index (χ2v) is 2.24. The number of hydrogen-bond acceptors (Lipinski definition) is 1. The molecule has 0 aliphatic heterocycles. The average Bonchev–Trinajstić information content (AvgIpc) is 2.13. The molecular formula is C8H8BrClOZn. The van der Waals surface area contributed by atoms with Crippen LogP contribution in [0, 0.1) is 6.07 Å². The molecule has 0 radical (unpaired) electrons. The van der Waals surface area contributed by atoms with E-state index in [0.29, 0.717) is 11.6 Å². The Morgan fingerprint density at radius 3 is 2.67 bits per heavy atom. The molecule has 0 spiro atoms. The first-order valence-corrected chi connectivity index (χ1v) is 10.7. The van der Waals surface area contributed by atoms with E-state index in [1.165, 1.54) is 16.3 Å². The summed E-state index contributed by atoms with van der Waals surface area (Å²) in [6.07, 6.45) is 0. The van der Waals surface area contributed by atoms with E-state index in [1.54, 1.807) is 18.2 Å². The van der Waals surface area contributed by atoms with Gasteiger partial charge in [0.25, 0.3) is 0 Å². The van der Waals surface area contributed by atoms with Crippen molar-refractivity contribution in [3.63, 3.8) is 0 Å². The van der Waals surface area contributed by atoms with Crippen LogP contribution in [-0.2, 0) is 16.3 Å². The fraction of sp³-hybridized carbons (Fsp3) is 0.250. The molecular weight excluding hydrogens is 293 g/mol. The van der Waals surface area contributed by atoms with E-state index in [-0.39, 0.29) is 0 Å². The molecule has 0 atom stereocenters. The van der Waals surface area contributed by atoms with Gasteiger partial charge in [-0.15, -0.1) is 12.1 Å². The maximum absolute atomic E-state index is 5.63. The van der Waals surface area contributed by atoms with Gasteiger partial charge in [0.15, 0.2) is 0 Å². The Labute approximate surface area is 94.5 Å². The molecule has 0 N–H and O–H groups in total. The van der Waals surface area contributed by atoms with Crippen LogP contribution in [0.3, 0.4) is 0 Å². The van der Waals surface area contributed by atoms with Crippen LogP contribution < -0.4 is 4.74 Å². The molecule has 0 amide bonds. The van der Waals surface area contributed by atoms with Crippen molar-refractivity contribution in [3.8, 4) is 5.75 Å². The summed E-state index contributed by atoms with van der Waals surface area (Å²) < 4.78 is 5.15. The van der Waals surface area contributed by atoms with Crippen molar-refractivity contribution in [2.75, 3.05) is 6.61 Å². The molecule has 4 heteroatoms. The van der Waals surface area contributed by atoms with Crippen LogP contribution in [-0.4, -0.2) is 6.61 Å². The minimum atomic E-state index is 0.665.